The molecular formula is C5H7FN2O3S. The van der Waals surface area contributed by atoms with Crippen molar-refractivity contribution < 1.29 is 17.0 Å². The summed E-state index contributed by atoms with van der Waals surface area (Å²) in [6.07, 6.45) is 3.69. The van der Waals surface area contributed by atoms with Crippen molar-refractivity contribution in [3.8, 4) is 0 Å². The third kappa shape index (κ3) is 1.88. The monoisotopic (exact) mass is 194 g/mol. The predicted molar refractivity (Wildman–Crippen MR) is 39.2 cm³/mol. The van der Waals surface area contributed by atoms with E-state index in [1.54, 1.807) is 0 Å². The number of halogens is 1. The Bertz CT molecular complexity index is 322. The summed E-state index contributed by atoms with van der Waals surface area (Å²) >= 11 is 0. The van der Waals surface area contributed by atoms with Crippen LogP contribution in [0.2, 0.25) is 0 Å². The van der Waals surface area contributed by atoms with Gasteiger partial charge in [0.1, 0.15) is 5.76 Å². The zero-order valence-electron chi connectivity index (χ0n) is 6.19. The maximum absolute atomic E-state index is 12.3. The van der Waals surface area contributed by atoms with Crippen molar-refractivity contribution in [2.24, 2.45) is 0 Å². The molecule has 1 aliphatic heterocycles. The van der Waals surface area contributed by atoms with E-state index in [4.69, 9.17) is 0 Å². The van der Waals surface area contributed by atoms with Gasteiger partial charge in [0, 0.05) is 6.20 Å². The second-order valence-corrected chi connectivity index (χ2v) is 3.15. The highest BCUT2D eigenvalue weighted by molar-refractivity contribution is 7.84. The molecule has 0 bridgehead atoms. The van der Waals surface area contributed by atoms with Gasteiger partial charge in [-0.2, -0.15) is 12.8 Å². The first-order valence-corrected chi connectivity index (χ1v) is 4.30. The molecule has 0 aromatic heterocycles. The summed E-state index contributed by atoms with van der Waals surface area (Å²) in [5.74, 6) is 0.245. The van der Waals surface area contributed by atoms with Gasteiger partial charge in [0.05, 0.1) is 13.3 Å². The molecule has 1 aliphatic rings. The molecule has 0 atom stereocenters. The Morgan fingerprint density at radius 1 is 1.67 bits per heavy atom. The van der Waals surface area contributed by atoms with Crippen molar-refractivity contribution in [3.05, 3.63) is 24.2 Å². The number of ether oxygens (including phenoxy) is 1. The SMILES string of the molecule is COC1=CN(S(=O)(=O)F)NC=C1. The van der Waals surface area contributed by atoms with Crippen LogP contribution < -0.4 is 5.43 Å². The fourth-order valence-corrected chi connectivity index (χ4v) is 1.05. The summed E-state index contributed by atoms with van der Waals surface area (Å²) in [7, 11) is -3.40. The summed E-state index contributed by atoms with van der Waals surface area (Å²) in [4.78, 5) is 0. The smallest absolute Gasteiger partial charge is 0.416 e. The third-order valence-corrected chi connectivity index (χ3v) is 1.85. The largest absolute Gasteiger partial charge is 0.495 e. The molecule has 0 spiro atoms. The topological polar surface area (TPSA) is 58.6 Å². The third-order valence-electron chi connectivity index (χ3n) is 1.16. The average Bonchev–Trinajstić information content (AvgIpc) is 2.03. The van der Waals surface area contributed by atoms with Gasteiger partial charge in [-0.15, -0.1) is 0 Å². The van der Waals surface area contributed by atoms with Gasteiger partial charge < -0.3 is 4.74 Å². The number of hydrazine groups is 1. The number of rotatable bonds is 2. The number of nitrogens with one attached hydrogen (secondary N) is 1. The molecule has 0 fully saturated rings. The van der Waals surface area contributed by atoms with E-state index >= 15 is 0 Å². The molecule has 68 valence electrons. The second kappa shape index (κ2) is 3.02. The van der Waals surface area contributed by atoms with Gasteiger partial charge >= 0.3 is 10.4 Å². The molecule has 12 heavy (non-hydrogen) atoms. The van der Waals surface area contributed by atoms with Gasteiger partial charge in [-0.3, -0.25) is 5.43 Å². The summed E-state index contributed by atoms with van der Waals surface area (Å²) < 4.78 is 37.9. The molecular weight excluding hydrogens is 187 g/mol. The number of nitrogens with zero attached hydrogens (tertiary/aromatic N) is 1. The van der Waals surface area contributed by atoms with Gasteiger partial charge in [-0.25, -0.2) is 0 Å². The first kappa shape index (κ1) is 8.85. The van der Waals surface area contributed by atoms with E-state index in [1.165, 1.54) is 19.4 Å². The van der Waals surface area contributed by atoms with E-state index in [1.807, 2.05) is 0 Å². The summed E-state index contributed by atoms with van der Waals surface area (Å²) in [6.45, 7) is 0. The van der Waals surface area contributed by atoms with Crippen LogP contribution in [0.15, 0.2) is 24.2 Å². The Hall–Kier alpha value is -1.24. The normalized spacial score (nSPS) is 16.8. The zero-order chi connectivity index (χ0) is 9.19. The van der Waals surface area contributed by atoms with Gasteiger partial charge in [0.25, 0.3) is 0 Å². The quantitative estimate of drug-likeness (QED) is 0.630. The minimum atomic E-state index is -4.75. The Morgan fingerprint density at radius 2 is 2.33 bits per heavy atom. The molecule has 0 aliphatic carbocycles. The fraction of sp³-hybridized carbons (Fsp3) is 0.200. The van der Waals surface area contributed by atoms with Crippen molar-refractivity contribution in [2.75, 3.05) is 7.11 Å². The van der Waals surface area contributed by atoms with E-state index in [2.05, 4.69) is 10.2 Å². The van der Waals surface area contributed by atoms with Crippen molar-refractivity contribution >= 4 is 10.4 Å². The van der Waals surface area contributed by atoms with Crippen LogP contribution in [0.1, 0.15) is 0 Å². The maximum Gasteiger partial charge on any atom is 0.416 e. The summed E-state index contributed by atoms with van der Waals surface area (Å²) in [6, 6.07) is 0. The van der Waals surface area contributed by atoms with Gasteiger partial charge in [0.2, 0.25) is 0 Å². The number of hydrogen-bond donors (Lipinski definition) is 1. The Kier molecular flexibility index (Phi) is 2.22. The van der Waals surface area contributed by atoms with E-state index in [0.717, 1.165) is 6.20 Å². The van der Waals surface area contributed by atoms with Gasteiger partial charge in [0.15, 0.2) is 0 Å². The highest BCUT2D eigenvalue weighted by Gasteiger charge is 2.18. The zero-order valence-corrected chi connectivity index (χ0v) is 7.01. The lowest BCUT2D eigenvalue weighted by Crippen LogP contribution is -2.34. The molecule has 5 nitrogen and oxygen atoms in total. The molecule has 0 aromatic carbocycles. The Balaban J connectivity index is 2.87. The molecule has 7 heteroatoms. The first-order valence-electron chi connectivity index (χ1n) is 2.96. The van der Waals surface area contributed by atoms with Gasteiger partial charge in [-0.05, 0) is 6.08 Å². The molecule has 1 heterocycles. The van der Waals surface area contributed by atoms with Crippen molar-refractivity contribution in [2.45, 2.75) is 0 Å². The number of allylic oxidation sites excluding steroid dienone is 1. The fourth-order valence-electron chi connectivity index (χ4n) is 0.635. The molecule has 0 amide bonds. The molecule has 0 saturated heterocycles. The van der Waals surface area contributed by atoms with E-state index in [0.29, 0.717) is 4.41 Å². The van der Waals surface area contributed by atoms with Crippen molar-refractivity contribution in [1.29, 1.82) is 0 Å². The molecule has 0 radical (unpaired) electrons. The number of methoxy groups -OCH3 is 1. The van der Waals surface area contributed by atoms with Crippen molar-refractivity contribution in [1.82, 2.24) is 9.84 Å². The maximum atomic E-state index is 12.3. The highest BCUT2D eigenvalue weighted by atomic mass is 32.3. The van der Waals surface area contributed by atoms with Crippen LogP contribution in [0.3, 0.4) is 0 Å². The lowest BCUT2D eigenvalue weighted by molar-refractivity contribution is 0.286. The van der Waals surface area contributed by atoms with E-state index in [-0.39, 0.29) is 5.76 Å². The van der Waals surface area contributed by atoms with E-state index < -0.39 is 10.4 Å². The lowest BCUT2D eigenvalue weighted by Gasteiger charge is -2.18. The van der Waals surface area contributed by atoms with Crippen LogP contribution in [-0.2, 0) is 15.1 Å². The van der Waals surface area contributed by atoms with Crippen molar-refractivity contribution in [3.63, 3.8) is 0 Å². The van der Waals surface area contributed by atoms with E-state index in [9.17, 15) is 12.3 Å². The van der Waals surface area contributed by atoms with Crippen LogP contribution in [0.25, 0.3) is 0 Å². The van der Waals surface area contributed by atoms with Crippen LogP contribution in [0, 0.1) is 0 Å². The molecule has 1 N–H and O–H groups in total. The molecule has 0 aromatic rings. The average molecular weight is 194 g/mol. The minimum absolute atomic E-state index is 0.245. The van der Waals surface area contributed by atoms with Gasteiger partial charge in [-0.1, -0.05) is 3.89 Å². The molecule has 0 saturated carbocycles. The summed E-state index contributed by atoms with van der Waals surface area (Å²) in [5.41, 5.74) is 2.16. The second-order valence-electron chi connectivity index (χ2n) is 1.94. The Morgan fingerprint density at radius 3 is 2.83 bits per heavy atom. The standard InChI is InChI=1S/C5H7FN2O3S/c1-11-5-2-3-7-8(4-5)12(6,9)10/h2-4,7H,1H3. The van der Waals surface area contributed by atoms with Crippen LogP contribution in [-0.4, -0.2) is 19.9 Å². The summed E-state index contributed by atoms with van der Waals surface area (Å²) in [5, 5.41) is 0. The van der Waals surface area contributed by atoms with Crippen LogP contribution >= 0.6 is 0 Å². The minimum Gasteiger partial charge on any atom is -0.495 e. The number of hydrogen-bond acceptors (Lipinski definition) is 4. The predicted octanol–water partition coefficient (Wildman–Crippen LogP) is 0.0224. The molecule has 1 rings (SSSR count). The lowest BCUT2D eigenvalue weighted by atomic mass is 10.5. The highest BCUT2D eigenvalue weighted by Crippen LogP contribution is 2.09. The van der Waals surface area contributed by atoms with Crippen LogP contribution in [0.5, 0.6) is 0 Å². The Labute approximate surface area is 69.4 Å². The van der Waals surface area contributed by atoms with Crippen LogP contribution in [0.4, 0.5) is 3.89 Å². The molecule has 0 unspecified atom stereocenters. The first-order chi connectivity index (χ1) is 5.54.